The molecule has 25 heavy (non-hydrogen) atoms. The van der Waals surface area contributed by atoms with Crippen LogP contribution in [0.15, 0.2) is 30.3 Å². The van der Waals surface area contributed by atoms with Crippen LogP contribution in [0.2, 0.25) is 5.02 Å². The molecule has 3 rings (SSSR count). The van der Waals surface area contributed by atoms with Crippen LogP contribution in [0.4, 0.5) is 5.69 Å². The average Bonchev–Trinajstić information content (AvgIpc) is 2.61. The predicted molar refractivity (Wildman–Crippen MR) is 96.4 cm³/mol. The molecular weight excluding hydrogens is 366 g/mol. The highest BCUT2D eigenvalue weighted by atomic mass is 35.5. The van der Waals surface area contributed by atoms with Gasteiger partial charge in [-0.2, -0.15) is 11.8 Å². The highest BCUT2D eigenvalue weighted by Crippen LogP contribution is 2.35. The molecule has 0 saturated carbocycles. The number of hydrogen-bond donors (Lipinski definition) is 0. The standard InChI is InChI=1S/C17H16ClNO5S/c1-22-16-3-2-15(19(20)21)6-12(16)8-25-9-13-5-14(18)4-11-7-23-10-24-17(11)13/h2-6H,7-10H2,1H3. The van der Waals surface area contributed by atoms with Crippen LogP contribution < -0.4 is 9.47 Å². The fourth-order valence-electron chi connectivity index (χ4n) is 2.63. The van der Waals surface area contributed by atoms with Gasteiger partial charge in [0.05, 0.1) is 18.6 Å². The van der Waals surface area contributed by atoms with Gasteiger partial charge >= 0.3 is 0 Å². The summed E-state index contributed by atoms with van der Waals surface area (Å²) in [7, 11) is 1.55. The van der Waals surface area contributed by atoms with E-state index in [9.17, 15) is 10.1 Å². The van der Waals surface area contributed by atoms with Crippen LogP contribution >= 0.6 is 23.4 Å². The van der Waals surface area contributed by atoms with Crippen molar-refractivity contribution in [3.05, 3.63) is 62.2 Å². The molecule has 0 amide bonds. The van der Waals surface area contributed by atoms with Crippen molar-refractivity contribution in [1.82, 2.24) is 0 Å². The first-order chi connectivity index (χ1) is 12.1. The van der Waals surface area contributed by atoms with E-state index in [2.05, 4.69) is 0 Å². The number of methoxy groups -OCH3 is 1. The molecule has 0 spiro atoms. The highest BCUT2D eigenvalue weighted by Gasteiger charge is 2.17. The molecule has 2 aromatic carbocycles. The number of nitrogens with zero attached hydrogens (tertiary/aromatic N) is 1. The Morgan fingerprint density at radius 1 is 1.28 bits per heavy atom. The van der Waals surface area contributed by atoms with E-state index >= 15 is 0 Å². The van der Waals surface area contributed by atoms with Gasteiger partial charge in [0.15, 0.2) is 6.79 Å². The van der Waals surface area contributed by atoms with Gasteiger partial charge in [0.1, 0.15) is 11.5 Å². The lowest BCUT2D eigenvalue weighted by Crippen LogP contribution is -2.13. The van der Waals surface area contributed by atoms with E-state index in [0.29, 0.717) is 28.9 Å². The highest BCUT2D eigenvalue weighted by molar-refractivity contribution is 7.97. The maximum atomic E-state index is 11.0. The predicted octanol–water partition coefficient (Wildman–Crippen LogP) is 4.56. The van der Waals surface area contributed by atoms with Crippen LogP contribution in [0, 0.1) is 10.1 Å². The maximum absolute atomic E-state index is 11.0. The third kappa shape index (κ3) is 4.18. The van der Waals surface area contributed by atoms with Gasteiger partial charge in [-0.15, -0.1) is 0 Å². The molecule has 0 atom stereocenters. The number of benzene rings is 2. The van der Waals surface area contributed by atoms with E-state index < -0.39 is 4.92 Å². The first-order valence-corrected chi connectivity index (χ1v) is 9.02. The zero-order valence-electron chi connectivity index (χ0n) is 13.5. The van der Waals surface area contributed by atoms with Crippen molar-refractivity contribution in [2.75, 3.05) is 13.9 Å². The Kier molecular flexibility index (Phi) is 5.67. The molecule has 0 aliphatic carbocycles. The van der Waals surface area contributed by atoms with Crippen LogP contribution in [0.1, 0.15) is 16.7 Å². The molecule has 8 heteroatoms. The quantitative estimate of drug-likeness (QED) is 0.539. The van der Waals surface area contributed by atoms with Crippen molar-refractivity contribution >= 4 is 29.1 Å². The summed E-state index contributed by atoms with van der Waals surface area (Å²) >= 11 is 7.77. The Labute approximate surface area is 154 Å². The van der Waals surface area contributed by atoms with Crippen molar-refractivity contribution in [2.45, 2.75) is 18.1 Å². The molecule has 0 radical (unpaired) electrons. The van der Waals surface area contributed by atoms with Gasteiger partial charge in [-0.25, -0.2) is 0 Å². The summed E-state index contributed by atoms with van der Waals surface area (Å²) < 4.78 is 16.2. The molecule has 1 heterocycles. The van der Waals surface area contributed by atoms with Crippen LogP contribution in [0.5, 0.6) is 11.5 Å². The number of rotatable bonds is 6. The summed E-state index contributed by atoms with van der Waals surface area (Å²) in [6.45, 7) is 0.706. The number of halogens is 1. The van der Waals surface area contributed by atoms with Gasteiger partial charge < -0.3 is 14.2 Å². The SMILES string of the molecule is COc1ccc([N+](=O)[O-])cc1CSCc1cc(Cl)cc2c1OCOC2. The number of ether oxygens (including phenoxy) is 3. The Bertz CT molecular complexity index is 799. The third-order valence-electron chi connectivity index (χ3n) is 3.74. The molecule has 0 bridgehead atoms. The summed E-state index contributed by atoms with van der Waals surface area (Å²) in [4.78, 5) is 10.6. The second kappa shape index (κ2) is 7.95. The van der Waals surface area contributed by atoms with E-state index in [1.165, 1.54) is 6.07 Å². The monoisotopic (exact) mass is 381 g/mol. The van der Waals surface area contributed by atoms with Crippen molar-refractivity contribution in [2.24, 2.45) is 0 Å². The van der Waals surface area contributed by atoms with Gasteiger partial charge in [-0.1, -0.05) is 11.6 Å². The van der Waals surface area contributed by atoms with Gasteiger partial charge in [0, 0.05) is 45.4 Å². The summed E-state index contributed by atoms with van der Waals surface area (Å²) in [5, 5.41) is 11.6. The molecule has 0 unspecified atom stereocenters. The molecule has 2 aromatic rings. The first-order valence-electron chi connectivity index (χ1n) is 7.49. The first kappa shape index (κ1) is 17.8. The van der Waals surface area contributed by atoms with Gasteiger partial charge in [0.2, 0.25) is 0 Å². The number of non-ortho nitro benzene ring substituents is 1. The molecule has 0 saturated heterocycles. The van der Waals surface area contributed by atoms with E-state index in [1.807, 2.05) is 12.1 Å². The van der Waals surface area contributed by atoms with Crippen molar-refractivity contribution < 1.29 is 19.1 Å². The lowest BCUT2D eigenvalue weighted by molar-refractivity contribution is -0.384. The fourth-order valence-corrected chi connectivity index (χ4v) is 3.87. The topological polar surface area (TPSA) is 70.8 Å². The van der Waals surface area contributed by atoms with Crippen LogP contribution in [-0.4, -0.2) is 18.8 Å². The Hall–Kier alpha value is -1.96. The smallest absolute Gasteiger partial charge is 0.270 e. The van der Waals surface area contributed by atoms with Gasteiger partial charge in [-0.05, 0) is 18.2 Å². The molecule has 0 fully saturated rings. The molecular formula is C17H16ClNO5S. The summed E-state index contributed by atoms with van der Waals surface area (Å²) in [6, 6.07) is 8.32. The zero-order valence-corrected chi connectivity index (χ0v) is 15.1. The molecule has 132 valence electrons. The number of hydrogen-bond acceptors (Lipinski definition) is 6. The van der Waals surface area contributed by atoms with E-state index in [1.54, 1.807) is 31.0 Å². The minimum absolute atomic E-state index is 0.0528. The lowest BCUT2D eigenvalue weighted by Gasteiger charge is -2.21. The second-order valence-electron chi connectivity index (χ2n) is 5.41. The molecule has 0 aromatic heterocycles. The minimum Gasteiger partial charge on any atom is -0.496 e. The normalized spacial score (nSPS) is 13.0. The number of nitro groups is 1. The van der Waals surface area contributed by atoms with Gasteiger partial charge in [0.25, 0.3) is 5.69 Å². The van der Waals surface area contributed by atoms with Gasteiger partial charge in [-0.3, -0.25) is 10.1 Å². The van der Waals surface area contributed by atoms with Crippen LogP contribution in [-0.2, 0) is 22.8 Å². The molecule has 1 aliphatic rings. The van der Waals surface area contributed by atoms with E-state index in [0.717, 1.165) is 22.4 Å². The largest absolute Gasteiger partial charge is 0.496 e. The summed E-state index contributed by atoms with van der Waals surface area (Å²) in [5.41, 5.74) is 2.75. The Morgan fingerprint density at radius 3 is 2.84 bits per heavy atom. The minimum atomic E-state index is -0.408. The maximum Gasteiger partial charge on any atom is 0.270 e. The molecule has 6 nitrogen and oxygen atoms in total. The van der Waals surface area contributed by atoms with Crippen LogP contribution in [0.25, 0.3) is 0 Å². The fraction of sp³-hybridized carbons (Fsp3) is 0.294. The number of fused-ring (bicyclic) bond motifs is 1. The number of nitro benzene ring substituents is 1. The zero-order chi connectivity index (χ0) is 17.8. The third-order valence-corrected chi connectivity index (χ3v) is 4.99. The lowest BCUT2D eigenvalue weighted by atomic mass is 10.1. The second-order valence-corrected chi connectivity index (χ2v) is 6.83. The van der Waals surface area contributed by atoms with Crippen molar-refractivity contribution in [3.8, 4) is 11.5 Å². The van der Waals surface area contributed by atoms with E-state index in [-0.39, 0.29) is 12.5 Å². The Balaban J connectivity index is 1.74. The Morgan fingerprint density at radius 2 is 2.08 bits per heavy atom. The molecule has 0 N–H and O–H groups in total. The summed E-state index contributed by atoms with van der Waals surface area (Å²) in [6.07, 6.45) is 0. The number of thioether (sulfide) groups is 1. The van der Waals surface area contributed by atoms with Crippen molar-refractivity contribution in [1.29, 1.82) is 0 Å². The molecule has 1 aliphatic heterocycles. The van der Waals surface area contributed by atoms with E-state index in [4.69, 9.17) is 25.8 Å². The van der Waals surface area contributed by atoms with Crippen molar-refractivity contribution in [3.63, 3.8) is 0 Å². The van der Waals surface area contributed by atoms with Crippen LogP contribution in [0.3, 0.4) is 0 Å². The average molecular weight is 382 g/mol. The summed E-state index contributed by atoms with van der Waals surface area (Å²) in [5.74, 6) is 2.68.